The van der Waals surface area contributed by atoms with Crippen LogP contribution in [-0.2, 0) is 0 Å². The Kier molecular flexibility index (Phi) is 7.34. The molecule has 0 saturated heterocycles. The van der Waals surface area contributed by atoms with Gasteiger partial charge in [0.1, 0.15) is 22.3 Å². The summed E-state index contributed by atoms with van der Waals surface area (Å²) in [6.07, 6.45) is 0. The van der Waals surface area contributed by atoms with E-state index in [2.05, 4.69) is 195 Å². The quantitative estimate of drug-likeness (QED) is 0.173. The average molecular weight is 699 g/mol. The van der Waals surface area contributed by atoms with E-state index in [0.29, 0.717) is 0 Å². The van der Waals surface area contributed by atoms with Gasteiger partial charge in [-0.2, -0.15) is 0 Å². The lowest BCUT2D eigenvalue weighted by atomic mass is 10.0. The van der Waals surface area contributed by atoms with Crippen LogP contribution in [0.3, 0.4) is 0 Å². The smallest absolute Gasteiger partial charge is 0.137 e. The van der Waals surface area contributed by atoms with Crippen molar-refractivity contribution in [2.45, 2.75) is 27.7 Å². The SMILES string of the molecule is Cc1ccc(N(c2ccc(C)cc2)c2ccc3c(c2)oc2cc4cc5oc6cc(N(c7ccc(C)cc7)c7ccc(C)cc7)ccc6c5cc4cc23)cc1. The van der Waals surface area contributed by atoms with Crippen molar-refractivity contribution in [3.05, 3.63) is 180 Å². The van der Waals surface area contributed by atoms with Gasteiger partial charge in [0, 0.05) is 67.8 Å². The minimum absolute atomic E-state index is 0.857. The van der Waals surface area contributed by atoms with E-state index in [1.165, 1.54) is 22.3 Å². The molecule has 4 nitrogen and oxygen atoms in total. The number of rotatable bonds is 6. The van der Waals surface area contributed by atoms with E-state index >= 15 is 0 Å². The fraction of sp³-hybridized carbons (Fsp3) is 0.0800. The summed E-state index contributed by atoms with van der Waals surface area (Å²) in [7, 11) is 0. The molecule has 0 aliphatic heterocycles. The number of fused-ring (bicyclic) bond motifs is 7. The molecule has 0 spiro atoms. The Bertz CT molecular complexity index is 2710. The van der Waals surface area contributed by atoms with E-state index < -0.39 is 0 Å². The normalized spacial score (nSPS) is 11.7. The van der Waals surface area contributed by atoms with Crippen LogP contribution in [0.25, 0.3) is 54.6 Å². The molecule has 0 fully saturated rings. The molecular formula is C50H38N2O2. The van der Waals surface area contributed by atoms with Crippen LogP contribution in [0.1, 0.15) is 22.3 Å². The van der Waals surface area contributed by atoms with Crippen LogP contribution in [-0.4, -0.2) is 0 Å². The summed E-state index contributed by atoms with van der Waals surface area (Å²) < 4.78 is 13.2. The van der Waals surface area contributed by atoms with E-state index in [4.69, 9.17) is 8.83 Å². The lowest BCUT2D eigenvalue weighted by Gasteiger charge is -2.25. The van der Waals surface area contributed by atoms with E-state index in [0.717, 1.165) is 88.8 Å². The van der Waals surface area contributed by atoms with Crippen LogP contribution >= 0.6 is 0 Å². The zero-order valence-electron chi connectivity index (χ0n) is 30.7. The molecule has 0 radical (unpaired) electrons. The molecule has 54 heavy (non-hydrogen) atoms. The van der Waals surface area contributed by atoms with Crippen molar-refractivity contribution in [3.63, 3.8) is 0 Å². The largest absolute Gasteiger partial charge is 0.456 e. The maximum atomic E-state index is 6.61. The molecule has 2 aromatic heterocycles. The number of anilines is 6. The highest BCUT2D eigenvalue weighted by Gasteiger charge is 2.19. The third-order valence-electron chi connectivity index (χ3n) is 10.7. The van der Waals surface area contributed by atoms with Crippen molar-refractivity contribution in [3.8, 4) is 0 Å². The van der Waals surface area contributed by atoms with Gasteiger partial charge in [-0.05, 0) is 136 Å². The zero-order valence-corrected chi connectivity index (χ0v) is 30.7. The first-order chi connectivity index (χ1) is 26.3. The highest BCUT2D eigenvalue weighted by atomic mass is 16.3. The molecule has 0 atom stereocenters. The van der Waals surface area contributed by atoms with Crippen molar-refractivity contribution in [1.82, 2.24) is 0 Å². The Labute approximate surface area is 314 Å². The number of hydrogen-bond acceptors (Lipinski definition) is 4. The first kappa shape index (κ1) is 31.9. The number of furan rings is 2. The van der Waals surface area contributed by atoms with Gasteiger partial charge in [0.25, 0.3) is 0 Å². The van der Waals surface area contributed by atoms with Crippen LogP contribution < -0.4 is 9.80 Å². The van der Waals surface area contributed by atoms with E-state index in [9.17, 15) is 0 Å². The molecule has 0 saturated carbocycles. The second kappa shape index (κ2) is 12.4. The van der Waals surface area contributed by atoms with Crippen molar-refractivity contribution < 1.29 is 8.83 Å². The third-order valence-corrected chi connectivity index (χ3v) is 10.7. The summed E-state index contributed by atoms with van der Waals surface area (Å²) in [5.74, 6) is 0. The molecule has 0 N–H and O–H groups in total. The lowest BCUT2D eigenvalue weighted by molar-refractivity contribution is 0.668. The Morgan fingerprint density at radius 1 is 0.278 bits per heavy atom. The second-order valence-electron chi connectivity index (χ2n) is 14.6. The van der Waals surface area contributed by atoms with Crippen LogP contribution in [0.4, 0.5) is 34.1 Å². The molecule has 0 bridgehead atoms. The van der Waals surface area contributed by atoms with Crippen LogP contribution in [0.2, 0.25) is 0 Å². The molecule has 0 amide bonds. The lowest BCUT2D eigenvalue weighted by Crippen LogP contribution is -2.09. The van der Waals surface area contributed by atoms with Gasteiger partial charge in [0.2, 0.25) is 0 Å². The van der Waals surface area contributed by atoms with Crippen molar-refractivity contribution in [2.24, 2.45) is 0 Å². The van der Waals surface area contributed by atoms with E-state index in [1.807, 2.05) is 0 Å². The molecule has 260 valence electrons. The summed E-state index contributed by atoms with van der Waals surface area (Å²) in [5.41, 5.74) is 14.9. The predicted octanol–water partition coefficient (Wildman–Crippen LogP) is 14.8. The maximum Gasteiger partial charge on any atom is 0.137 e. The minimum Gasteiger partial charge on any atom is -0.456 e. The number of benzene rings is 8. The fourth-order valence-corrected chi connectivity index (χ4v) is 7.72. The first-order valence-electron chi connectivity index (χ1n) is 18.5. The molecule has 10 rings (SSSR count). The summed E-state index contributed by atoms with van der Waals surface area (Å²) >= 11 is 0. The predicted molar refractivity (Wildman–Crippen MR) is 227 cm³/mol. The first-order valence-corrected chi connectivity index (χ1v) is 18.5. The third kappa shape index (κ3) is 5.46. The maximum absolute atomic E-state index is 6.61. The number of hydrogen-bond donors (Lipinski definition) is 0. The molecule has 2 heterocycles. The van der Waals surface area contributed by atoms with Crippen molar-refractivity contribution in [1.29, 1.82) is 0 Å². The van der Waals surface area contributed by atoms with Gasteiger partial charge in [-0.25, -0.2) is 0 Å². The monoisotopic (exact) mass is 698 g/mol. The Morgan fingerprint density at radius 3 is 0.889 bits per heavy atom. The fourth-order valence-electron chi connectivity index (χ4n) is 7.72. The van der Waals surface area contributed by atoms with Crippen LogP contribution in [0, 0.1) is 27.7 Å². The Balaban J connectivity index is 1.06. The van der Waals surface area contributed by atoms with Gasteiger partial charge >= 0.3 is 0 Å². The summed E-state index contributed by atoms with van der Waals surface area (Å²) in [6.45, 7) is 8.47. The van der Waals surface area contributed by atoms with Gasteiger partial charge in [0.05, 0.1) is 0 Å². The van der Waals surface area contributed by atoms with Crippen LogP contribution in [0.15, 0.2) is 167 Å². The van der Waals surface area contributed by atoms with Crippen molar-refractivity contribution in [2.75, 3.05) is 9.80 Å². The molecule has 0 unspecified atom stereocenters. The van der Waals surface area contributed by atoms with Gasteiger partial charge in [0.15, 0.2) is 0 Å². The zero-order chi connectivity index (χ0) is 36.5. The van der Waals surface area contributed by atoms with Crippen molar-refractivity contribution >= 4 is 88.8 Å². The highest BCUT2D eigenvalue weighted by molar-refractivity contribution is 6.15. The van der Waals surface area contributed by atoms with Gasteiger partial charge in [-0.15, -0.1) is 0 Å². The summed E-state index contributed by atoms with van der Waals surface area (Å²) in [4.78, 5) is 4.57. The Hall–Kier alpha value is -6.78. The van der Waals surface area contributed by atoms with Gasteiger partial charge < -0.3 is 18.6 Å². The molecule has 4 heteroatoms. The van der Waals surface area contributed by atoms with E-state index in [-0.39, 0.29) is 0 Å². The van der Waals surface area contributed by atoms with Gasteiger partial charge in [-0.1, -0.05) is 70.8 Å². The highest BCUT2D eigenvalue weighted by Crippen LogP contribution is 2.42. The minimum atomic E-state index is 0.857. The molecule has 0 aliphatic rings. The standard InChI is InChI=1S/C50H38N2O2/c1-31-5-13-37(14-6-31)51(38-15-7-32(2)8-16-38)41-21-23-43-45-25-35-26-46-44-24-22-42(30-50(44)54-48(46)28-36(35)27-47(45)53-49(43)29-41)52(39-17-9-33(3)10-18-39)40-19-11-34(4)12-20-40/h5-30H,1-4H3. The number of nitrogens with zero attached hydrogens (tertiary/aromatic N) is 2. The summed E-state index contributed by atoms with van der Waals surface area (Å²) in [6, 6.07) is 56.6. The second-order valence-corrected chi connectivity index (χ2v) is 14.6. The molecule has 0 aliphatic carbocycles. The van der Waals surface area contributed by atoms with Gasteiger partial charge in [-0.3, -0.25) is 0 Å². The molecule has 10 aromatic rings. The number of aryl methyl sites for hydroxylation is 4. The molecule has 8 aromatic carbocycles. The van der Waals surface area contributed by atoms with E-state index in [1.54, 1.807) is 0 Å². The Morgan fingerprint density at radius 2 is 0.556 bits per heavy atom. The average Bonchev–Trinajstić information content (AvgIpc) is 3.72. The molecular weight excluding hydrogens is 661 g/mol. The summed E-state index contributed by atoms with van der Waals surface area (Å²) in [5, 5.41) is 6.62. The topological polar surface area (TPSA) is 32.8 Å². The van der Waals surface area contributed by atoms with Crippen LogP contribution in [0.5, 0.6) is 0 Å².